The normalized spacial score (nSPS) is 18.6. The maximum atomic E-state index is 13.5. The molecular formula is C21H25ClN4O2S. The minimum absolute atomic E-state index is 0. The summed E-state index contributed by atoms with van der Waals surface area (Å²) in [6.07, 6.45) is 4.71. The molecule has 0 aliphatic carbocycles. The number of anilines is 1. The number of benzene rings is 1. The Morgan fingerprint density at radius 2 is 2.10 bits per heavy atom. The molecule has 2 aromatic rings. The van der Waals surface area contributed by atoms with Crippen molar-refractivity contribution in [3.05, 3.63) is 53.9 Å². The zero-order chi connectivity index (χ0) is 19.3. The Labute approximate surface area is 181 Å². The number of hydrogen-bond acceptors (Lipinski definition) is 5. The maximum absolute atomic E-state index is 13.5. The van der Waals surface area contributed by atoms with Gasteiger partial charge in [0.05, 0.1) is 23.7 Å². The molecular weight excluding hydrogens is 408 g/mol. The average Bonchev–Trinajstić information content (AvgIpc) is 3.01. The first-order chi connectivity index (χ1) is 13.7. The number of aromatic nitrogens is 1. The van der Waals surface area contributed by atoms with Gasteiger partial charge in [-0.25, -0.2) is 0 Å². The first kappa shape index (κ1) is 21.6. The first-order valence-electron chi connectivity index (χ1n) is 9.69. The molecule has 0 saturated carbocycles. The molecule has 8 heteroatoms. The van der Waals surface area contributed by atoms with Gasteiger partial charge in [0.2, 0.25) is 5.91 Å². The first-order valence-corrected chi connectivity index (χ1v) is 10.7. The molecule has 29 heavy (non-hydrogen) atoms. The van der Waals surface area contributed by atoms with Crippen molar-refractivity contribution in [2.75, 3.05) is 24.2 Å². The van der Waals surface area contributed by atoms with Crippen LogP contribution in [0.3, 0.4) is 0 Å². The number of nitrogens with one attached hydrogen (secondary N) is 2. The number of nitrogens with zero attached hydrogens (tertiary/aromatic N) is 2. The van der Waals surface area contributed by atoms with E-state index in [2.05, 4.69) is 15.6 Å². The largest absolute Gasteiger partial charge is 0.330 e. The van der Waals surface area contributed by atoms with Gasteiger partial charge in [-0.1, -0.05) is 6.07 Å². The molecule has 1 aromatic carbocycles. The van der Waals surface area contributed by atoms with Crippen LogP contribution in [0.15, 0.2) is 47.5 Å². The van der Waals surface area contributed by atoms with Gasteiger partial charge in [-0.3, -0.25) is 14.6 Å². The number of amides is 2. The summed E-state index contributed by atoms with van der Waals surface area (Å²) in [5.74, 6) is 0.383. The molecule has 6 nitrogen and oxygen atoms in total. The van der Waals surface area contributed by atoms with Gasteiger partial charge in [-0.15, -0.1) is 24.2 Å². The van der Waals surface area contributed by atoms with E-state index in [1.807, 2.05) is 41.3 Å². The molecule has 2 N–H and O–H groups in total. The predicted molar refractivity (Wildman–Crippen MR) is 118 cm³/mol. The fraction of sp³-hybridized carbons (Fsp3) is 0.381. The molecule has 154 valence electrons. The van der Waals surface area contributed by atoms with Crippen LogP contribution in [0.5, 0.6) is 0 Å². The Balaban J connectivity index is 0.00000240. The van der Waals surface area contributed by atoms with E-state index < -0.39 is 0 Å². The molecule has 1 unspecified atom stereocenters. The monoisotopic (exact) mass is 432 g/mol. The lowest BCUT2D eigenvalue weighted by atomic mass is 10.0. The SMILES string of the molecule is Cl.O=C1CSc2ccc(C(=O)N(Cc3ccccn3)C3CCCNCC3)cc2N1. The van der Waals surface area contributed by atoms with Crippen LogP contribution >= 0.6 is 24.2 Å². The fourth-order valence-electron chi connectivity index (χ4n) is 3.73. The van der Waals surface area contributed by atoms with Crippen LogP contribution in [0.4, 0.5) is 5.69 Å². The van der Waals surface area contributed by atoms with Crippen LogP contribution in [0.1, 0.15) is 35.3 Å². The van der Waals surface area contributed by atoms with Crippen molar-refractivity contribution in [2.24, 2.45) is 0 Å². The molecule has 0 bridgehead atoms. The smallest absolute Gasteiger partial charge is 0.254 e. The third kappa shape index (κ3) is 5.29. The van der Waals surface area contributed by atoms with Gasteiger partial charge in [0.15, 0.2) is 0 Å². The van der Waals surface area contributed by atoms with Crippen molar-refractivity contribution in [2.45, 2.75) is 36.7 Å². The summed E-state index contributed by atoms with van der Waals surface area (Å²) in [6.45, 7) is 2.39. The van der Waals surface area contributed by atoms with E-state index in [9.17, 15) is 9.59 Å². The highest BCUT2D eigenvalue weighted by Gasteiger charge is 2.27. The minimum atomic E-state index is -0.0257. The molecule has 2 aliphatic rings. The van der Waals surface area contributed by atoms with Crippen molar-refractivity contribution >= 4 is 41.7 Å². The molecule has 2 amide bonds. The van der Waals surface area contributed by atoms with E-state index >= 15 is 0 Å². The molecule has 1 aromatic heterocycles. The van der Waals surface area contributed by atoms with Crippen LogP contribution in [0.25, 0.3) is 0 Å². The maximum Gasteiger partial charge on any atom is 0.254 e. The molecule has 1 fully saturated rings. The summed E-state index contributed by atoms with van der Waals surface area (Å²) < 4.78 is 0. The van der Waals surface area contributed by atoms with Gasteiger partial charge in [0, 0.05) is 22.7 Å². The van der Waals surface area contributed by atoms with Crippen molar-refractivity contribution in [1.82, 2.24) is 15.2 Å². The fourth-order valence-corrected chi connectivity index (χ4v) is 4.52. The number of thioether (sulfide) groups is 1. The Kier molecular flexibility index (Phi) is 7.52. The lowest BCUT2D eigenvalue weighted by Crippen LogP contribution is -2.40. The van der Waals surface area contributed by atoms with Crippen LogP contribution < -0.4 is 10.6 Å². The molecule has 0 spiro atoms. The van der Waals surface area contributed by atoms with E-state index in [-0.39, 0.29) is 30.3 Å². The topological polar surface area (TPSA) is 74.3 Å². The summed E-state index contributed by atoms with van der Waals surface area (Å²) in [7, 11) is 0. The number of hydrogen-bond donors (Lipinski definition) is 2. The second-order valence-electron chi connectivity index (χ2n) is 7.14. The van der Waals surface area contributed by atoms with E-state index in [1.165, 1.54) is 11.8 Å². The average molecular weight is 433 g/mol. The standard InChI is InChI=1S/C21H24N4O2S.ClH/c26-20-14-28-19-7-6-15(12-18(19)24-20)21(27)25(13-16-4-1-2-10-23-16)17-5-3-9-22-11-8-17;/h1-2,4,6-7,10,12,17,22H,3,5,8-9,11,13-14H2,(H,24,26);1H. The zero-order valence-corrected chi connectivity index (χ0v) is 17.7. The number of fused-ring (bicyclic) bond motifs is 1. The van der Waals surface area contributed by atoms with Crippen molar-refractivity contribution in [3.8, 4) is 0 Å². The highest BCUT2D eigenvalue weighted by atomic mass is 35.5. The van der Waals surface area contributed by atoms with E-state index in [0.717, 1.165) is 48.6 Å². The molecule has 2 aliphatic heterocycles. The van der Waals surface area contributed by atoms with Crippen LogP contribution in [0, 0.1) is 0 Å². The van der Waals surface area contributed by atoms with Gasteiger partial charge < -0.3 is 15.5 Å². The Morgan fingerprint density at radius 1 is 1.21 bits per heavy atom. The summed E-state index contributed by atoms with van der Waals surface area (Å²) >= 11 is 1.50. The molecule has 3 heterocycles. The summed E-state index contributed by atoms with van der Waals surface area (Å²) in [5.41, 5.74) is 2.22. The van der Waals surface area contributed by atoms with Crippen LogP contribution in [-0.4, -0.2) is 46.6 Å². The molecule has 1 saturated heterocycles. The molecule has 4 rings (SSSR count). The predicted octanol–water partition coefficient (Wildman–Crippen LogP) is 3.33. The van der Waals surface area contributed by atoms with Crippen LogP contribution in [0.2, 0.25) is 0 Å². The van der Waals surface area contributed by atoms with Crippen LogP contribution in [-0.2, 0) is 11.3 Å². The van der Waals surface area contributed by atoms with E-state index in [4.69, 9.17) is 0 Å². The number of pyridine rings is 1. The van der Waals surface area contributed by atoms with Gasteiger partial charge in [-0.2, -0.15) is 0 Å². The lowest BCUT2D eigenvalue weighted by molar-refractivity contribution is -0.113. The quantitative estimate of drug-likeness (QED) is 0.775. The third-order valence-electron chi connectivity index (χ3n) is 5.16. The van der Waals surface area contributed by atoms with Crippen molar-refractivity contribution in [1.29, 1.82) is 0 Å². The molecule has 0 radical (unpaired) electrons. The minimum Gasteiger partial charge on any atom is -0.330 e. The van der Waals surface area contributed by atoms with Gasteiger partial charge >= 0.3 is 0 Å². The summed E-state index contributed by atoms with van der Waals surface area (Å²) in [4.78, 5) is 32.6. The van der Waals surface area contributed by atoms with E-state index in [1.54, 1.807) is 6.20 Å². The number of rotatable bonds is 4. The summed E-state index contributed by atoms with van der Waals surface area (Å²) in [6, 6.07) is 11.6. The lowest BCUT2D eigenvalue weighted by Gasteiger charge is -2.31. The number of carbonyl (C=O) groups is 2. The second-order valence-corrected chi connectivity index (χ2v) is 8.15. The Bertz CT molecular complexity index is 857. The van der Waals surface area contributed by atoms with Gasteiger partial charge in [0.1, 0.15) is 0 Å². The molecule has 1 atom stereocenters. The highest BCUT2D eigenvalue weighted by Crippen LogP contribution is 2.32. The Morgan fingerprint density at radius 3 is 2.93 bits per heavy atom. The summed E-state index contributed by atoms with van der Waals surface area (Å²) in [5, 5.41) is 6.30. The van der Waals surface area contributed by atoms with Gasteiger partial charge in [-0.05, 0) is 62.7 Å². The Hall–Kier alpha value is -2.09. The van der Waals surface area contributed by atoms with Crippen molar-refractivity contribution < 1.29 is 9.59 Å². The zero-order valence-electron chi connectivity index (χ0n) is 16.1. The third-order valence-corrected chi connectivity index (χ3v) is 6.24. The van der Waals surface area contributed by atoms with Gasteiger partial charge in [0.25, 0.3) is 5.91 Å². The highest BCUT2D eigenvalue weighted by molar-refractivity contribution is 8.00. The number of halogens is 1. The number of carbonyl (C=O) groups excluding carboxylic acids is 2. The van der Waals surface area contributed by atoms with E-state index in [0.29, 0.717) is 17.9 Å². The second kappa shape index (κ2) is 10.1. The van der Waals surface area contributed by atoms with Crippen molar-refractivity contribution in [3.63, 3.8) is 0 Å².